The SMILES string of the molecule is Cc1nc2c3c(nn2c(C)c1Cl)CN(C(=O)c1ccc(F)cc1O[C@H]1C[C@H]2CCC[C@@H](C1)N2C)C3. The third-order valence-electron chi connectivity index (χ3n) is 8.01. The van der Waals surface area contributed by atoms with Crippen molar-refractivity contribution in [3.63, 3.8) is 0 Å². The van der Waals surface area contributed by atoms with Crippen molar-refractivity contribution in [1.29, 1.82) is 0 Å². The largest absolute Gasteiger partial charge is 0.489 e. The van der Waals surface area contributed by atoms with Crippen molar-refractivity contribution in [2.75, 3.05) is 7.05 Å². The second-order valence-corrected chi connectivity index (χ2v) is 10.6. The van der Waals surface area contributed by atoms with Crippen molar-refractivity contribution >= 4 is 23.2 Å². The van der Waals surface area contributed by atoms with E-state index in [1.54, 1.807) is 15.5 Å². The molecule has 0 aliphatic carbocycles. The van der Waals surface area contributed by atoms with Gasteiger partial charge in [-0.1, -0.05) is 18.0 Å². The van der Waals surface area contributed by atoms with Gasteiger partial charge in [-0.3, -0.25) is 4.79 Å². The van der Waals surface area contributed by atoms with Crippen molar-refractivity contribution < 1.29 is 13.9 Å². The number of aryl methyl sites for hydroxylation is 2. The van der Waals surface area contributed by atoms with Crippen LogP contribution in [0, 0.1) is 19.7 Å². The Hall–Kier alpha value is -2.71. The maximum Gasteiger partial charge on any atom is 0.258 e. The summed E-state index contributed by atoms with van der Waals surface area (Å²) >= 11 is 6.35. The Bertz CT molecular complexity index is 1330. The molecule has 0 spiro atoms. The van der Waals surface area contributed by atoms with Gasteiger partial charge in [-0.2, -0.15) is 5.10 Å². The minimum atomic E-state index is -0.404. The summed E-state index contributed by atoms with van der Waals surface area (Å²) in [4.78, 5) is 22.4. The standard InChI is InChI=1S/C26H29ClFN5O2/c1-14-24(27)15(2)33-25(29-14)21-12-32(13-22(21)30-33)26(34)20-8-7-16(28)9-23(20)35-19-10-17-5-4-6-18(11-19)31(17)3/h7-9,17-19H,4-6,10-13H2,1-3H3/t17-,18+,19+. The molecule has 0 N–H and O–H groups in total. The minimum absolute atomic E-state index is 0.0188. The lowest BCUT2D eigenvalue weighted by atomic mass is 9.83. The Morgan fingerprint density at radius 1 is 1.17 bits per heavy atom. The van der Waals surface area contributed by atoms with E-state index in [9.17, 15) is 9.18 Å². The van der Waals surface area contributed by atoms with Gasteiger partial charge in [0.1, 0.15) is 17.7 Å². The zero-order valence-electron chi connectivity index (χ0n) is 20.2. The molecule has 3 atom stereocenters. The lowest BCUT2D eigenvalue weighted by molar-refractivity contribution is -0.000328. The number of hydrogen-bond acceptors (Lipinski definition) is 5. The minimum Gasteiger partial charge on any atom is -0.489 e. The average Bonchev–Trinajstić information content (AvgIpc) is 3.37. The van der Waals surface area contributed by atoms with Crippen LogP contribution in [0.3, 0.4) is 0 Å². The van der Waals surface area contributed by atoms with E-state index in [2.05, 4.69) is 22.0 Å². The molecular weight excluding hydrogens is 469 g/mol. The number of fused-ring (bicyclic) bond motifs is 5. The summed E-state index contributed by atoms with van der Waals surface area (Å²) in [5, 5.41) is 5.27. The average molecular weight is 498 g/mol. The number of hydrogen-bond donors (Lipinski definition) is 0. The molecule has 2 fully saturated rings. The zero-order valence-corrected chi connectivity index (χ0v) is 21.0. The van der Waals surface area contributed by atoms with Crippen molar-refractivity contribution in [2.45, 2.75) is 77.2 Å². The van der Waals surface area contributed by atoms with Gasteiger partial charge in [-0.15, -0.1) is 0 Å². The maximum absolute atomic E-state index is 14.2. The highest BCUT2D eigenvalue weighted by Crippen LogP contribution is 2.36. The molecular formula is C26H29ClFN5O2. The smallest absolute Gasteiger partial charge is 0.258 e. The summed E-state index contributed by atoms with van der Waals surface area (Å²) in [6.07, 6.45) is 5.35. The van der Waals surface area contributed by atoms with Gasteiger partial charge in [0, 0.05) is 23.7 Å². The van der Waals surface area contributed by atoms with Crippen LogP contribution in [0.2, 0.25) is 5.02 Å². The van der Waals surface area contributed by atoms with Crippen LogP contribution >= 0.6 is 11.6 Å². The first-order valence-corrected chi connectivity index (χ1v) is 12.7. The molecule has 2 saturated heterocycles. The van der Waals surface area contributed by atoms with Gasteiger partial charge in [-0.05, 0) is 58.7 Å². The number of nitrogens with zero attached hydrogens (tertiary/aromatic N) is 5. The van der Waals surface area contributed by atoms with Gasteiger partial charge in [-0.25, -0.2) is 13.9 Å². The first-order chi connectivity index (χ1) is 16.8. The fourth-order valence-corrected chi connectivity index (χ4v) is 6.16. The van der Waals surface area contributed by atoms with Crippen molar-refractivity contribution in [2.24, 2.45) is 0 Å². The third-order valence-corrected chi connectivity index (χ3v) is 8.55. The number of benzene rings is 1. The van der Waals surface area contributed by atoms with Gasteiger partial charge in [0.2, 0.25) is 0 Å². The Morgan fingerprint density at radius 3 is 2.66 bits per heavy atom. The van der Waals surface area contributed by atoms with Crippen LogP contribution in [0.25, 0.3) is 5.65 Å². The highest BCUT2D eigenvalue weighted by Gasteiger charge is 2.38. The van der Waals surface area contributed by atoms with Gasteiger partial charge >= 0.3 is 0 Å². The van der Waals surface area contributed by atoms with E-state index in [0.29, 0.717) is 41.5 Å². The third kappa shape index (κ3) is 3.78. The Kier molecular flexibility index (Phi) is 5.49. The molecule has 0 unspecified atom stereocenters. The van der Waals surface area contributed by atoms with Gasteiger partial charge in [0.15, 0.2) is 5.65 Å². The highest BCUT2D eigenvalue weighted by atomic mass is 35.5. The topological polar surface area (TPSA) is 63.0 Å². The molecule has 3 aromatic rings. The Morgan fingerprint density at radius 2 is 1.91 bits per heavy atom. The summed E-state index contributed by atoms with van der Waals surface area (Å²) in [6.45, 7) is 4.53. The summed E-state index contributed by atoms with van der Waals surface area (Å²) < 4.78 is 22.3. The Balaban J connectivity index is 1.25. The monoisotopic (exact) mass is 497 g/mol. The molecule has 1 amide bonds. The summed E-state index contributed by atoms with van der Waals surface area (Å²) in [6, 6.07) is 5.19. The van der Waals surface area contributed by atoms with Crippen molar-refractivity contribution in [3.05, 3.63) is 57.2 Å². The molecule has 5 heterocycles. The van der Waals surface area contributed by atoms with Gasteiger partial charge in [0.25, 0.3) is 5.91 Å². The molecule has 9 heteroatoms. The molecule has 2 bridgehead atoms. The van der Waals surface area contributed by atoms with Crippen LogP contribution in [-0.2, 0) is 13.1 Å². The van der Waals surface area contributed by atoms with E-state index in [1.807, 2.05) is 13.8 Å². The molecule has 2 aromatic heterocycles. The Labute approximate surface area is 208 Å². The van der Waals surface area contributed by atoms with Crippen LogP contribution in [0.4, 0.5) is 4.39 Å². The predicted molar refractivity (Wildman–Crippen MR) is 130 cm³/mol. The molecule has 1 aromatic carbocycles. The second-order valence-electron chi connectivity index (χ2n) is 10.2. The number of halogens is 2. The van der Waals surface area contributed by atoms with E-state index in [4.69, 9.17) is 16.3 Å². The number of ether oxygens (including phenoxy) is 1. The van der Waals surface area contributed by atoms with Crippen LogP contribution < -0.4 is 4.74 Å². The molecule has 3 aliphatic rings. The van der Waals surface area contributed by atoms with Crippen LogP contribution in [0.15, 0.2) is 18.2 Å². The molecule has 3 aliphatic heterocycles. The predicted octanol–water partition coefficient (Wildman–Crippen LogP) is 4.69. The fraction of sp³-hybridized carbons (Fsp3) is 0.500. The van der Waals surface area contributed by atoms with Gasteiger partial charge < -0.3 is 14.5 Å². The molecule has 0 radical (unpaired) electrons. The number of carbonyl (C=O) groups is 1. The van der Waals surface area contributed by atoms with Gasteiger partial charge in [0.05, 0.1) is 40.8 Å². The van der Waals surface area contributed by atoms with Crippen LogP contribution in [0.5, 0.6) is 5.75 Å². The first kappa shape index (κ1) is 22.7. The van der Waals surface area contributed by atoms with Crippen molar-refractivity contribution in [3.8, 4) is 5.75 Å². The second kappa shape index (κ2) is 8.45. The van der Waals surface area contributed by atoms with E-state index in [0.717, 1.165) is 54.0 Å². The van der Waals surface area contributed by atoms with E-state index in [-0.39, 0.29) is 12.0 Å². The molecule has 35 heavy (non-hydrogen) atoms. The lowest BCUT2D eigenvalue weighted by Gasteiger charge is -2.46. The number of aromatic nitrogens is 3. The van der Waals surface area contributed by atoms with E-state index >= 15 is 0 Å². The normalized spacial score (nSPS) is 24.1. The number of amides is 1. The van der Waals surface area contributed by atoms with E-state index < -0.39 is 5.82 Å². The summed E-state index contributed by atoms with van der Waals surface area (Å²) in [7, 11) is 2.19. The van der Waals surface area contributed by atoms with Crippen molar-refractivity contribution in [1.82, 2.24) is 24.4 Å². The maximum atomic E-state index is 14.2. The zero-order chi connectivity index (χ0) is 24.4. The fourth-order valence-electron chi connectivity index (χ4n) is 6.04. The molecule has 0 saturated carbocycles. The molecule has 6 rings (SSSR count). The summed E-state index contributed by atoms with van der Waals surface area (Å²) in [5.41, 5.74) is 4.42. The van der Waals surface area contributed by atoms with Crippen LogP contribution in [-0.4, -0.2) is 55.5 Å². The van der Waals surface area contributed by atoms with Crippen LogP contribution in [0.1, 0.15) is 65.1 Å². The van der Waals surface area contributed by atoms with E-state index in [1.165, 1.54) is 18.6 Å². The highest BCUT2D eigenvalue weighted by molar-refractivity contribution is 6.31. The molecule has 7 nitrogen and oxygen atoms in total. The summed E-state index contributed by atoms with van der Waals surface area (Å²) in [5.74, 6) is -0.260. The quantitative estimate of drug-likeness (QED) is 0.525. The first-order valence-electron chi connectivity index (χ1n) is 12.3. The number of piperidine rings is 2. The molecule has 184 valence electrons. The number of rotatable bonds is 3. The lowest BCUT2D eigenvalue weighted by Crippen LogP contribution is -2.52. The number of carbonyl (C=O) groups excluding carboxylic acids is 1.